The Balaban J connectivity index is 1.39. The van der Waals surface area contributed by atoms with Crippen molar-refractivity contribution in [3.63, 3.8) is 0 Å². The predicted molar refractivity (Wildman–Crippen MR) is 123 cm³/mol. The number of hydrogen-bond donors (Lipinski definition) is 2. The largest absolute Gasteiger partial charge is 0.497 e. The van der Waals surface area contributed by atoms with Gasteiger partial charge in [-0.2, -0.15) is 0 Å². The molecule has 7 nitrogen and oxygen atoms in total. The van der Waals surface area contributed by atoms with Crippen molar-refractivity contribution in [3.05, 3.63) is 59.7 Å². The first-order chi connectivity index (χ1) is 15.2. The molecular weight excluding hydrogens is 392 g/mol. The first kappa shape index (κ1) is 22.5. The number of nitrogens with zero attached hydrogens (tertiary/aromatic N) is 2. The number of hydrogen-bond acceptors (Lipinski definition) is 4. The molecule has 0 unspecified atom stereocenters. The molecule has 1 fully saturated rings. The normalized spacial score (nSPS) is 14.1. The number of rotatable bonds is 8. The Bertz CT molecular complexity index is 844. The lowest BCUT2D eigenvalue weighted by Crippen LogP contribution is -2.38. The Morgan fingerprint density at radius 1 is 0.968 bits per heavy atom. The van der Waals surface area contributed by atoms with Crippen LogP contribution in [-0.4, -0.2) is 57.2 Å². The first-order valence-electron chi connectivity index (χ1n) is 10.8. The van der Waals surface area contributed by atoms with E-state index in [0.717, 1.165) is 48.6 Å². The molecule has 1 heterocycles. The van der Waals surface area contributed by atoms with Crippen molar-refractivity contribution in [1.29, 1.82) is 0 Å². The summed E-state index contributed by atoms with van der Waals surface area (Å²) in [6, 6.07) is 15.3. The van der Waals surface area contributed by atoms with E-state index < -0.39 is 0 Å². The number of amides is 1. The van der Waals surface area contributed by atoms with Crippen LogP contribution in [0.25, 0.3) is 0 Å². The van der Waals surface area contributed by atoms with Crippen LogP contribution in [-0.2, 0) is 6.54 Å². The molecule has 2 aromatic carbocycles. The molecule has 0 atom stereocenters. The van der Waals surface area contributed by atoms with Gasteiger partial charge in [-0.3, -0.25) is 9.79 Å². The summed E-state index contributed by atoms with van der Waals surface area (Å²) >= 11 is 0. The van der Waals surface area contributed by atoms with E-state index in [0.29, 0.717) is 25.7 Å². The van der Waals surface area contributed by atoms with Crippen LogP contribution in [0, 0.1) is 0 Å². The van der Waals surface area contributed by atoms with Gasteiger partial charge in [0.25, 0.3) is 5.91 Å². The van der Waals surface area contributed by atoms with Gasteiger partial charge >= 0.3 is 0 Å². The summed E-state index contributed by atoms with van der Waals surface area (Å²) < 4.78 is 10.9. The number of likely N-dealkylation sites (tertiary alicyclic amines) is 1. The van der Waals surface area contributed by atoms with Crippen molar-refractivity contribution in [3.8, 4) is 11.5 Å². The summed E-state index contributed by atoms with van der Waals surface area (Å²) in [6.45, 7) is 3.49. The molecule has 0 bridgehead atoms. The van der Waals surface area contributed by atoms with Crippen LogP contribution < -0.4 is 20.1 Å². The zero-order valence-electron chi connectivity index (χ0n) is 18.4. The highest BCUT2D eigenvalue weighted by atomic mass is 16.5. The van der Waals surface area contributed by atoms with Crippen LogP contribution in [0.15, 0.2) is 53.5 Å². The lowest BCUT2D eigenvalue weighted by Gasteiger charge is -2.26. The Morgan fingerprint density at radius 3 is 2.29 bits per heavy atom. The summed E-state index contributed by atoms with van der Waals surface area (Å²) in [5.41, 5.74) is 1.84. The van der Waals surface area contributed by atoms with E-state index in [2.05, 4.69) is 15.6 Å². The lowest BCUT2D eigenvalue weighted by molar-refractivity contribution is 0.0724. The Hall–Kier alpha value is -3.22. The van der Waals surface area contributed by atoms with Gasteiger partial charge in [-0.25, -0.2) is 0 Å². The third-order valence-corrected chi connectivity index (χ3v) is 5.25. The molecule has 2 aromatic rings. The highest BCUT2D eigenvalue weighted by Crippen LogP contribution is 2.17. The summed E-state index contributed by atoms with van der Waals surface area (Å²) in [5.74, 6) is 2.43. The maximum absolute atomic E-state index is 12.6. The molecular formula is C24H32N4O3. The molecule has 3 rings (SSSR count). The third kappa shape index (κ3) is 6.91. The molecule has 0 saturated carbocycles. The number of ether oxygens (including phenoxy) is 2. The smallest absolute Gasteiger partial charge is 0.253 e. The van der Waals surface area contributed by atoms with Gasteiger partial charge in [0, 0.05) is 32.2 Å². The van der Waals surface area contributed by atoms with Gasteiger partial charge in [-0.15, -0.1) is 0 Å². The number of guanidine groups is 1. The molecule has 1 aliphatic rings. The average molecular weight is 425 g/mol. The molecule has 0 aromatic heterocycles. The quantitative estimate of drug-likeness (QED) is 0.387. The number of carbonyl (C=O) groups excluding carboxylic acids is 1. The number of methoxy groups -OCH3 is 1. The standard InChI is InChI=1S/C24H32N4O3/c1-25-24(26-14-17-31-22-12-10-21(30-2)11-13-22)27-18-19-6-8-20(9-7-19)23(29)28-15-4-3-5-16-28/h6-13H,3-5,14-18H2,1-2H3,(H2,25,26,27). The second-order valence-electron chi connectivity index (χ2n) is 7.43. The molecule has 31 heavy (non-hydrogen) atoms. The fourth-order valence-electron chi connectivity index (χ4n) is 3.46. The molecule has 7 heteroatoms. The van der Waals surface area contributed by atoms with E-state index in [4.69, 9.17) is 9.47 Å². The molecule has 1 aliphatic heterocycles. The maximum Gasteiger partial charge on any atom is 0.253 e. The van der Waals surface area contributed by atoms with E-state index in [1.54, 1.807) is 14.2 Å². The topological polar surface area (TPSA) is 75.2 Å². The number of piperidine rings is 1. The second kappa shape index (κ2) is 11.8. The van der Waals surface area contributed by atoms with Crippen LogP contribution in [0.3, 0.4) is 0 Å². The van der Waals surface area contributed by atoms with E-state index in [1.165, 1.54) is 6.42 Å². The Morgan fingerprint density at radius 2 is 1.65 bits per heavy atom. The predicted octanol–water partition coefficient (Wildman–Crippen LogP) is 3.07. The van der Waals surface area contributed by atoms with Gasteiger partial charge < -0.3 is 25.0 Å². The van der Waals surface area contributed by atoms with E-state index >= 15 is 0 Å². The molecule has 1 amide bonds. The molecule has 1 saturated heterocycles. The molecule has 0 spiro atoms. The van der Waals surface area contributed by atoms with Crippen molar-refractivity contribution >= 4 is 11.9 Å². The van der Waals surface area contributed by atoms with E-state index in [-0.39, 0.29) is 5.91 Å². The Kier molecular flexibility index (Phi) is 8.58. The zero-order valence-corrected chi connectivity index (χ0v) is 18.4. The minimum atomic E-state index is 0.133. The minimum Gasteiger partial charge on any atom is -0.497 e. The molecule has 0 radical (unpaired) electrons. The third-order valence-electron chi connectivity index (χ3n) is 5.25. The summed E-state index contributed by atoms with van der Waals surface area (Å²) in [6.07, 6.45) is 3.42. The fraction of sp³-hybridized carbons (Fsp3) is 0.417. The molecule has 0 aliphatic carbocycles. The number of benzene rings is 2. The van der Waals surface area contributed by atoms with E-state index in [1.807, 2.05) is 53.4 Å². The summed E-state index contributed by atoms with van der Waals surface area (Å²) in [5, 5.41) is 6.52. The SMILES string of the molecule is CN=C(NCCOc1ccc(OC)cc1)NCc1ccc(C(=O)N2CCCCC2)cc1. The van der Waals surface area contributed by atoms with Gasteiger partial charge in [-0.1, -0.05) is 12.1 Å². The highest BCUT2D eigenvalue weighted by molar-refractivity contribution is 5.94. The van der Waals surface area contributed by atoms with Gasteiger partial charge in [-0.05, 0) is 61.2 Å². The van der Waals surface area contributed by atoms with Gasteiger partial charge in [0.2, 0.25) is 0 Å². The second-order valence-corrected chi connectivity index (χ2v) is 7.43. The zero-order chi connectivity index (χ0) is 21.9. The molecule has 166 valence electrons. The minimum absolute atomic E-state index is 0.133. The number of nitrogens with one attached hydrogen (secondary N) is 2. The van der Waals surface area contributed by atoms with Crippen molar-refractivity contribution in [2.45, 2.75) is 25.8 Å². The number of aliphatic imine (C=N–C) groups is 1. The van der Waals surface area contributed by atoms with Crippen LogP contribution in [0.1, 0.15) is 35.2 Å². The highest BCUT2D eigenvalue weighted by Gasteiger charge is 2.17. The van der Waals surface area contributed by atoms with Crippen molar-refractivity contribution in [2.75, 3.05) is 40.4 Å². The van der Waals surface area contributed by atoms with Gasteiger partial charge in [0.15, 0.2) is 5.96 Å². The Labute approximate surface area is 184 Å². The van der Waals surface area contributed by atoms with Crippen LogP contribution in [0.4, 0.5) is 0 Å². The summed E-state index contributed by atoms with van der Waals surface area (Å²) in [4.78, 5) is 18.8. The lowest BCUT2D eigenvalue weighted by atomic mass is 10.1. The maximum atomic E-state index is 12.6. The van der Waals surface area contributed by atoms with Gasteiger partial charge in [0.1, 0.15) is 18.1 Å². The van der Waals surface area contributed by atoms with E-state index in [9.17, 15) is 4.79 Å². The van der Waals surface area contributed by atoms with Crippen LogP contribution >= 0.6 is 0 Å². The molecule has 2 N–H and O–H groups in total. The van der Waals surface area contributed by atoms with Crippen molar-refractivity contribution in [2.24, 2.45) is 4.99 Å². The first-order valence-corrected chi connectivity index (χ1v) is 10.8. The number of carbonyl (C=O) groups is 1. The van der Waals surface area contributed by atoms with Crippen molar-refractivity contribution in [1.82, 2.24) is 15.5 Å². The average Bonchev–Trinajstić information content (AvgIpc) is 2.84. The monoisotopic (exact) mass is 424 g/mol. The summed E-state index contributed by atoms with van der Waals surface area (Å²) in [7, 11) is 3.38. The van der Waals surface area contributed by atoms with Crippen LogP contribution in [0.2, 0.25) is 0 Å². The fourth-order valence-corrected chi connectivity index (χ4v) is 3.46. The van der Waals surface area contributed by atoms with Crippen LogP contribution in [0.5, 0.6) is 11.5 Å². The van der Waals surface area contributed by atoms with Gasteiger partial charge in [0.05, 0.1) is 13.7 Å². The van der Waals surface area contributed by atoms with Crippen molar-refractivity contribution < 1.29 is 14.3 Å².